The van der Waals surface area contributed by atoms with Crippen LogP contribution >= 0.6 is 23.1 Å². The Hall–Kier alpha value is 2.07. The van der Waals surface area contributed by atoms with Crippen LogP contribution in [-0.2, 0) is 27.0 Å². The van der Waals surface area contributed by atoms with Crippen LogP contribution in [0.5, 0.6) is 0 Å². The van der Waals surface area contributed by atoms with Gasteiger partial charge in [0.15, 0.2) is 0 Å². The zero-order valence-corrected chi connectivity index (χ0v) is 8.55. The van der Waals surface area contributed by atoms with Crippen LogP contribution in [0, 0.1) is 0 Å². The van der Waals surface area contributed by atoms with Crippen molar-refractivity contribution in [3.8, 4) is 0 Å². The Bertz CT molecular complexity index is 10.8. The fourth-order valence-electron chi connectivity index (χ4n) is 0. The SMILES string of the molecule is [Cl][Ir]([Br])[Ir]. The van der Waals surface area contributed by atoms with Gasteiger partial charge in [-0.05, 0) is 0 Å². The van der Waals surface area contributed by atoms with Crippen LogP contribution in [0.25, 0.3) is 0 Å². The van der Waals surface area contributed by atoms with E-state index in [-0.39, 0.29) is 0 Å². The molecular weight excluding hydrogens is 500 g/mol. The summed E-state index contributed by atoms with van der Waals surface area (Å²) in [6, 6.07) is 0. The number of halogens is 2. The summed E-state index contributed by atoms with van der Waals surface area (Å²) in [5.41, 5.74) is 0. The molecule has 32 valence electrons. The second-order valence-corrected chi connectivity index (χ2v) is 29.1. The van der Waals surface area contributed by atoms with Crippen molar-refractivity contribution in [3.63, 3.8) is 0 Å². The molecule has 0 bridgehead atoms. The first-order valence-electron chi connectivity index (χ1n) is 0.363. The van der Waals surface area contributed by atoms with Crippen LogP contribution in [-0.4, -0.2) is 0 Å². The van der Waals surface area contributed by atoms with Crippen molar-refractivity contribution in [1.82, 2.24) is 0 Å². The topological polar surface area (TPSA) is 0 Å². The van der Waals surface area contributed by atoms with Crippen molar-refractivity contribution in [2.24, 2.45) is 0 Å². The van der Waals surface area contributed by atoms with Gasteiger partial charge in [-0.15, -0.1) is 0 Å². The molecule has 0 atom stereocenters. The summed E-state index contributed by atoms with van der Waals surface area (Å²) in [5, 5.41) is 0. The molecule has 0 heterocycles. The number of hydrogen-bond donors (Lipinski definition) is 0. The maximum absolute atomic E-state index is 5.36. The van der Waals surface area contributed by atoms with Crippen LogP contribution in [0.4, 0.5) is 0 Å². The first kappa shape index (κ1) is 6.07. The third-order valence-electron chi connectivity index (χ3n) is 0. The van der Waals surface area contributed by atoms with Crippen molar-refractivity contribution >= 4 is 23.1 Å². The van der Waals surface area contributed by atoms with E-state index in [9.17, 15) is 0 Å². The van der Waals surface area contributed by atoms with E-state index in [4.69, 9.17) is 9.58 Å². The van der Waals surface area contributed by atoms with Gasteiger partial charge in [0.2, 0.25) is 0 Å². The predicted octanol–water partition coefficient (Wildman–Crippen LogP) is 1.53. The summed E-state index contributed by atoms with van der Waals surface area (Å²) in [7, 11) is 4.31. The van der Waals surface area contributed by atoms with Crippen molar-refractivity contribution in [3.05, 3.63) is 0 Å². The van der Waals surface area contributed by atoms with Crippen molar-refractivity contribution < 1.29 is 27.0 Å². The molecule has 4 heavy (non-hydrogen) atoms. The molecule has 0 aliphatic heterocycles. The van der Waals surface area contributed by atoms with E-state index in [1.54, 1.807) is 0 Å². The molecule has 0 rings (SSSR count). The quantitative estimate of drug-likeness (QED) is 0.474. The van der Waals surface area contributed by atoms with Gasteiger partial charge in [0.05, 0.1) is 0 Å². The molecule has 0 fully saturated rings. The second kappa shape index (κ2) is 3.27. The fraction of sp³-hybridized carbons (Fsp3) is 0. The summed E-state index contributed by atoms with van der Waals surface area (Å²) in [6.45, 7) is 0. The molecule has 0 saturated heterocycles. The molecule has 0 nitrogen and oxygen atoms in total. The van der Waals surface area contributed by atoms with E-state index < -0.39 is 10.8 Å². The molecule has 0 radical (unpaired) electrons. The molecule has 0 N–H and O–H groups in total. The summed E-state index contributed by atoms with van der Waals surface area (Å²) in [4.78, 5) is 0. The van der Waals surface area contributed by atoms with E-state index in [0.717, 1.165) is 0 Å². The Balaban J connectivity index is 2.32. The minimum atomic E-state index is -1.05. The average molecular weight is 500 g/mol. The van der Waals surface area contributed by atoms with Gasteiger partial charge in [-0.2, -0.15) is 0 Å². The summed E-state index contributed by atoms with van der Waals surface area (Å²) < 4.78 is 0. The first-order valence-corrected chi connectivity index (χ1v) is 15.9. The third kappa shape index (κ3) is 8.95. The standard InChI is InChI=1S/BrH.ClH.2Ir/h2*1H;;/q;;;+2/p-2. The number of rotatable bonds is 0. The van der Waals surface area contributed by atoms with Gasteiger partial charge in [-0.1, -0.05) is 0 Å². The van der Waals surface area contributed by atoms with Crippen LogP contribution in [0.15, 0.2) is 0 Å². The molecule has 4 heteroatoms. The molecule has 0 aromatic heterocycles. The predicted molar refractivity (Wildman–Crippen MR) is 14.8 cm³/mol. The van der Waals surface area contributed by atoms with E-state index in [1.165, 1.54) is 0 Å². The first-order chi connectivity index (χ1) is 1.73. The summed E-state index contributed by atoms with van der Waals surface area (Å²) in [6.07, 6.45) is 0. The van der Waals surface area contributed by atoms with E-state index in [2.05, 4.69) is 13.5 Å². The molecule has 0 aromatic rings. The Kier molecular flexibility index (Phi) is 4.96. The average Bonchev–Trinajstić information content (AvgIpc) is 0.811. The molecule has 0 aromatic carbocycles. The Morgan fingerprint density at radius 2 is 2.00 bits per heavy atom. The number of hydrogen-bond acceptors (Lipinski definition) is 0. The minimum absolute atomic E-state index is 1.05. The van der Waals surface area contributed by atoms with Crippen LogP contribution in [0.3, 0.4) is 0 Å². The van der Waals surface area contributed by atoms with Gasteiger partial charge in [0, 0.05) is 0 Å². The normalized spacial score (nSPS) is 11.5. The van der Waals surface area contributed by atoms with Gasteiger partial charge in [-0.3, -0.25) is 0 Å². The molecule has 0 spiro atoms. The van der Waals surface area contributed by atoms with Crippen LogP contribution in [0.2, 0.25) is 0 Å². The monoisotopic (exact) mass is 500 g/mol. The molecule has 0 aliphatic rings. The van der Waals surface area contributed by atoms with E-state index in [1.807, 2.05) is 16.2 Å². The van der Waals surface area contributed by atoms with Gasteiger partial charge in [-0.25, -0.2) is 0 Å². The zero-order valence-electron chi connectivity index (χ0n) is 1.42. The van der Waals surface area contributed by atoms with Crippen molar-refractivity contribution in [1.29, 1.82) is 0 Å². The van der Waals surface area contributed by atoms with E-state index >= 15 is 0 Å². The van der Waals surface area contributed by atoms with Crippen molar-refractivity contribution in [2.45, 2.75) is 0 Å². The Labute approximate surface area is 49.5 Å². The molecule has 0 unspecified atom stereocenters. The summed E-state index contributed by atoms with van der Waals surface area (Å²) in [5.74, 6) is 0. The van der Waals surface area contributed by atoms with Gasteiger partial charge >= 0.3 is 50.1 Å². The summed E-state index contributed by atoms with van der Waals surface area (Å²) >= 11 is 5.22. The van der Waals surface area contributed by atoms with Crippen LogP contribution < -0.4 is 0 Å². The third-order valence-corrected chi connectivity index (χ3v) is 0. The molecular formula is BrClIr2. The Morgan fingerprint density at radius 1 is 2.00 bits per heavy atom. The van der Waals surface area contributed by atoms with Crippen LogP contribution in [0.1, 0.15) is 0 Å². The van der Waals surface area contributed by atoms with E-state index in [0.29, 0.717) is 0 Å². The van der Waals surface area contributed by atoms with Gasteiger partial charge < -0.3 is 0 Å². The van der Waals surface area contributed by atoms with Crippen molar-refractivity contribution in [2.75, 3.05) is 0 Å². The van der Waals surface area contributed by atoms with Gasteiger partial charge in [0.1, 0.15) is 0 Å². The second-order valence-electron chi connectivity index (χ2n) is 0.132. The van der Waals surface area contributed by atoms with Gasteiger partial charge in [0.25, 0.3) is 0 Å². The maximum atomic E-state index is 5.36. The fourth-order valence-corrected chi connectivity index (χ4v) is 0. The zero-order chi connectivity index (χ0) is 3.58. The molecule has 0 saturated carbocycles. The Morgan fingerprint density at radius 3 is 2.00 bits per heavy atom. The molecule has 0 amide bonds. The molecule has 0 aliphatic carbocycles.